The average Bonchev–Trinajstić information content (AvgIpc) is 1.62. The van der Waals surface area contributed by atoms with Crippen molar-refractivity contribution >= 4 is 94.5 Å². The van der Waals surface area contributed by atoms with Gasteiger partial charge in [-0.2, -0.15) is 0 Å². The number of aromatic nitrogens is 2. The number of benzene rings is 16. The first kappa shape index (κ1) is 55.5. The van der Waals surface area contributed by atoms with Crippen LogP contribution >= 0.6 is 0 Å². The molecule has 0 bridgehead atoms. The van der Waals surface area contributed by atoms with Crippen molar-refractivity contribution in [2.75, 3.05) is 4.90 Å². The van der Waals surface area contributed by atoms with Gasteiger partial charge in [0.25, 0.3) is 6.71 Å². The van der Waals surface area contributed by atoms with Crippen LogP contribution in [0.15, 0.2) is 364 Å². The second kappa shape index (κ2) is 21.6. The maximum Gasteiger partial charge on any atom is 0.252 e. The number of fused-ring (bicyclic) bond motifs is 14. The molecule has 2 aromatic heterocycles. The van der Waals surface area contributed by atoms with Gasteiger partial charge in [0.05, 0.1) is 27.7 Å². The fourth-order valence-corrected chi connectivity index (χ4v) is 17.7. The zero-order valence-electron chi connectivity index (χ0n) is 54.1. The van der Waals surface area contributed by atoms with Gasteiger partial charge in [0.15, 0.2) is 0 Å². The largest absolute Gasteiger partial charge is 0.310 e. The van der Waals surface area contributed by atoms with E-state index in [0.29, 0.717) is 0 Å². The highest BCUT2D eigenvalue weighted by atomic mass is 15.2. The highest BCUT2D eigenvalue weighted by molar-refractivity contribution is 7.00. The summed E-state index contributed by atoms with van der Waals surface area (Å²) in [5.74, 6) is 0. The van der Waals surface area contributed by atoms with Crippen molar-refractivity contribution in [3.05, 3.63) is 386 Å². The van der Waals surface area contributed by atoms with E-state index in [1.165, 1.54) is 132 Å². The number of anilines is 3. The van der Waals surface area contributed by atoms with Crippen molar-refractivity contribution in [2.45, 2.75) is 5.41 Å². The van der Waals surface area contributed by atoms with Crippen LogP contribution in [0.25, 0.3) is 133 Å². The molecule has 4 heteroatoms. The number of hydrogen-bond donors (Lipinski definition) is 0. The summed E-state index contributed by atoms with van der Waals surface area (Å²) in [6.07, 6.45) is 0. The van der Waals surface area contributed by atoms with Crippen LogP contribution < -0.4 is 21.3 Å². The molecule has 0 atom stereocenters. The van der Waals surface area contributed by atoms with E-state index >= 15 is 0 Å². The molecule has 0 radical (unpaired) electrons. The van der Waals surface area contributed by atoms with Gasteiger partial charge < -0.3 is 14.0 Å². The summed E-state index contributed by atoms with van der Waals surface area (Å²) in [5, 5.41) is 7.30. The number of nitrogens with zero attached hydrogens (tertiary/aromatic N) is 3. The van der Waals surface area contributed by atoms with Gasteiger partial charge in [-0.3, -0.25) is 0 Å². The molecule has 16 aromatic carbocycles. The summed E-state index contributed by atoms with van der Waals surface area (Å²) < 4.78 is 5.20. The maximum absolute atomic E-state index is 2.72. The normalized spacial score (nSPS) is 13.1. The first-order chi connectivity index (χ1) is 49.1. The molecule has 21 rings (SSSR count). The summed E-state index contributed by atoms with van der Waals surface area (Å²) in [5.41, 5.74) is 32.8. The second-order valence-corrected chi connectivity index (χ2v) is 27.0. The van der Waals surface area contributed by atoms with Gasteiger partial charge in [-0.05, 0) is 178 Å². The van der Waals surface area contributed by atoms with Gasteiger partial charge in [-0.1, -0.05) is 291 Å². The van der Waals surface area contributed by atoms with Gasteiger partial charge in [-0.15, -0.1) is 0 Å². The van der Waals surface area contributed by atoms with Crippen LogP contribution in [0.4, 0.5) is 17.1 Å². The molecule has 3 aliphatic rings. The lowest BCUT2D eigenvalue weighted by atomic mass is 9.33. The molecule has 0 amide bonds. The Balaban J connectivity index is 0.939. The monoisotopic (exact) mass is 1250 g/mol. The standard InChI is InChI=1S/C95H60BN3/c1-6-26-61(27-7-1)65-32-22-34-68(53-65)74-44-24-45-75(69-35-23-33-66(54-69)62-28-8-2-9-29-62)93(74)99-89-58-81-77-43-19-21-49-86(77)97(73-40-14-5-15-41-73)88(81)60-85(89)96-84-48-25-46-78-80-57-79-76-42-18-20-47-82(76)95(71-36-10-3-11-37-71,72-38-12-4-13-39-72)83(79)59-87(80)98(94(78)84)90-55-70(56-91(99)92(90)96)67-51-50-63-30-16-17-31-64(63)52-67/h1-60H. The summed E-state index contributed by atoms with van der Waals surface area (Å²) >= 11 is 0. The lowest BCUT2D eigenvalue weighted by Crippen LogP contribution is -2.60. The number of rotatable bonds is 9. The molecular weight excluding hydrogens is 1190 g/mol. The summed E-state index contributed by atoms with van der Waals surface area (Å²) in [6, 6.07) is 137. The first-order valence-corrected chi connectivity index (χ1v) is 34.5. The predicted octanol–water partition coefficient (Wildman–Crippen LogP) is 22.3. The van der Waals surface area contributed by atoms with E-state index in [0.717, 1.165) is 56.1 Å². The van der Waals surface area contributed by atoms with Crippen molar-refractivity contribution in [1.29, 1.82) is 0 Å². The fraction of sp³-hybridized carbons (Fsp3) is 0.0105. The Bertz CT molecular complexity index is 6210. The highest BCUT2D eigenvalue weighted by Gasteiger charge is 2.48. The van der Waals surface area contributed by atoms with Crippen molar-refractivity contribution in [3.8, 4) is 78.1 Å². The van der Waals surface area contributed by atoms with Crippen molar-refractivity contribution in [1.82, 2.24) is 9.13 Å². The van der Waals surface area contributed by atoms with Crippen molar-refractivity contribution in [3.63, 3.8) is 0 Å². The van der Waals surface area contributed by atoms with Crippen LogP contribution in [0.1, 0.15) is 22.3 Å². The zero-order valence-corrected chi connectivity index (χ0v) is 54.1. The Morgan fingerprint density at radius 3 is 1.48 bits per heavy atom. The SMILES string of the molecule is c1ccc(-c2cccc(-c3cccc(-c4cccc(-c5ccccc5)c4)c3N3c4cc5c6ccccc6n(-c6ccccc6)c5cc4B4c5c3cc(-c3ccc6ccccc6c3)cc5-n3c5cc6c(cc5c5cccc4c53)-c3ccccc3C6(c3ccccc3)c3ccccc3)c2)cc1. The Morgan fingerprint density at radius 2 is 0.778 bits per heavy atom. The molecule has 0 saturated heterocycles. The molecule has 3 nitrogen and oxygen atoms in total. The molecule has 0 N–H and O–H groups in total. The van der Waals surface area contributed by atoms with E-state index in [1.807, 2.05) is 0 Å². The number of hydrogen-bond acceptors (Lipinski definition) is 1. The van der Waals surface area contributed by atoms with E-state index in [1.54, 1.807) is 0 Å². The second-order valence-electron chi connectivity index (χ2n) is 27.0. The van der Waals surface area contributed by atoms with Gasteiger partial charge in [-0.25, -0.2) is 0 Å². The van der Waals surface area contributed by atoms with Gasteiger partial charge in [0.2, 0.25) is 0 Å². The van der Waals surface area contributed by atoms with E-state index in [4.69, 9.17) is 0 Å². The summed E-state index contributed by atoms with van der Waals surface area (Å²) in [6.45, 7) is -0.196. The molecule has 2 aliphatic heterocycles. The number of para-hydroxylation sites is 4. The third-order valence-corrected chi connectivity index (χ3v) is 21.9. The molecule has 0 fully saturated rings. The maximum atomic E-state index is 2.72. The van der Waals surface area contributed by atoms with E-state index < -0.39 is 5.41 Å². The van der Waals surface area contributed by atoms with E-state index in [9.17, 15) is 0 Å². The highest BCUT2D eigenvalue weighted by Crippen LogP contribution is 2.59. The summed E-state index contributed by atoms with van der Waals surface area (Å²) in [4.78, 5) is 2.72. The van der Waals surface area contributed by atoms with Crippen LogP contribution in [-0.4, -0.2) is 15.8 Å². The van der Waals surface area contributed by atoms with Crippen LogP contribution in [0.2, 0.25) is 0 Å². The Labute approximate surface area is 574 Å². The Hall–Kier alpha value is -12.8. The quantitative estimate of drug-likeness (QED) is 0.131. The molecule has 1 aliphatic carbocycles. The molecule has 458 valence electrons. The molecular formula is C95H60BN3. The van der Waals surface area contributed by atoms with Gasteiger partial charge in [0, 0.05) is 60.9 Å². The third kappa shape index (κ3) is 8.15. The van der Waals surface area contributed by atoms with Gasteiger partial charge >= 0.3 is 0 Å². The molecule has 99 heavy (non-hydrogen) atoms. The summed E-state index contributed by atoms with van der Waals surface area (Å²) in [7, 11) is 0. The molecule has 0 spiro atoms. The van der Waals surface area contributed by atoms with Crippen LogP contribution in [0.3, 0.4) is 0 Å². The van der Waals surface area contributed by atoms with Crippen LogP contribution in [0, 0.1) is 0 Å². The molecule has 4 heterocycles. The van der Waals surface area contributed by atoms with Crippen LogP contribution in [0.5, 0.6) is 0 Å². The van der Waals surface area contributed by atoms with Crippen molar-refractivity contribution in [2.24, 2.45) is 0 Å². The fourth-order valence-electron chi connectivity index (χ4n) is 17.7. The third-order valence-electron chi connectivity index (χ3n) is 21.9. The van der Waals surface area contributed by atoms with E-state index in [-0.39, 0.29) is 6.71 Å². The Morgan fingerprint density at radius 1 is 0.253 bits per heavy atom. The van der Waals surface area contributed by atoms with Crippen LogP contribution in [-0.2, 0) is 5.41 Å². The average molecular weight is 1250 g/mol. The predicted molar refractivity (Wildman–Crippen MR) is 416 cm³/mol. The van der Waals surface area contributed by atoms with E-state index in [2.05, 4.69) is 378 Å². The molecule has 18 aromatic rings. The van der Waals surface area contributed by atoms with Gasteiger partial charge in [0.1, 0.15) is 0 Å². The smallest absolute Gasteiger partial charge is 0.252 e. The minimum absolute atomic E-state index is 0.196. The zero-order chi connectivity index (χ0) is 64.9. The Kier molecular flexibility index (Phi) is 12.1. The van der Waals surface area contributed by atoms with Crippen molar-refractivity contribution < 1.29 is 0 Å². The lowest BCUT2D eigenvalue weighted by Gasteiger charge is -2.42. The minimum Gasteiger partial charge on any atom is -0.310 e. The minimum atomic E-state index is -0.611. The molecule has 0 saturated carbocycles. The molecule has 0 unspecified atom stereocenters. The lowest BCUT2D eigenvalue weighted by molar-refractivity contribution is 0.769. The topological polar surface area (TPSA) is 13.1 Å². The first-order valence-electron chi connectivity index (χ1n) is 34.5.